The van der Waals surface area contributed by atoms with Gasteiger partial charge in [-0.2, -0.15) is 0 Å². The third-order valence-corrected chi connectivity index (χ3v) is 4.31. The largest absolute Gasteiger partial charge is 0.480 e. The van der Waals surface area contributed by atoms with Crippen LogP contribution in [0.5, 0.6) is 0 Å². The highest BCUT2D eigenvalue weighted by Gasteiger charge is 2.36. The van der Waals surface area contributed by atoms with E-state index in [-0.39, 0.29) is 10.6 Å². The Morgan fingerprint density at radius 2 is 2.08 bits per heavy atom. The summed E-state index contributed by atoms with van der Waals surface area (Å²) in [4.78, 5) is 37.0. The zero-order valence-corrected chi connectivity index (χ0v) is 14.0. The Morgan fingerprint density at radius 3 is 2.71 bits per heavy atom. The highest BCUT2D eigenvalue weighted by molar-refractivity contribution is 6.35. The van der Waals surface area contributed by atoms with Crippen molar-refractivity contribution in [2.45, 2.75) is 24.9 Å². The van der Waals surface area contributed by atoms with Gasteiger partial charge in [-0.3, -0.25) is 9.59 Å². The number of aliphatic carboxylic acids is 1. The average molecular weight is 377 g/mol. The summed E-state index contributed by atoms with van der Waals surface area (Å²) in [5.41, 5.74) is 0.157. The van der Waals surface area contributed by atoms with E-state index in [1.807, 2.05) is 0 Å². The van der Waals surface area contributed by atoms with Crippen LogP contribution in [-0.4, -0.2) is 53.1 Å². The zero-order chi connectivity index (χ0) is 17.9. The second-order valence-electron chi connectivity index (χ2n) is 5.33. The predicted octanol–water partition coefficient (Wildman–Crippen LogP) is 2.14. The number of nitrogens with one attached hydrogen (secondary N) is 1. The van der Waals surface area contributed by atoms with Crippen LogP contribution in [0.15, 0.2) is 18.2 Å². The molecule has 1 aromatic rings. The van der Waals surface area contributed by atoms with Crippen LogP contribution in [0, 0.1) is 0 Å². The Hall–Kier alpha value is -1.86. The van der Waals surface area contributed by atoms with Crippen molar-refractivity contribution in [2.24, 2.45) is 0 Å². The van der Waals surface area contributed by atoms with E-state index in [1.54, 1.807) is 0 Å². The summed E-state index contributed by atoms with van der Waals surface area (Å²) in [5.74, 6) is -2.66. The number of carboxylic acid groups (broad SMARTS) is 1. The molecule has 2 atom stereocenters. The van der Waals surface area contributed by atoms with Crippen LogP contribution < -0.4 is 5.32 Å². The van der Waals surface area contributed by atoms with Gasteiger partial charge in [-0.1, -0.05) is 23.2 Å². The number of nitrogens with zero attached hydrogens (tertiary/aromatic N) is 1. The Kier molecular flexibility index (Phi) is 6.01. The number of amides is 2. The molecule has 1 aliphatic rings. The standard InChI is InChI=1S/C15H15Cl2FN2O4/c16-8-3-4-10(17)9(6-8)14(22)20-5-1-2-12(20)13(21)19-11(7-18)15(23)24/h3-4,6,11-12H,1-2,5,7H2,(H,19,21)(H,23,24). The summed E-state index contributed by atoms with van der Waals surface area (Å²) >= 11 is 11.9. The van der Waals surface area contributed by atoms with Crippen LogP contribution in [0.2, 0.25) is 10.0 Å². The van der Waals surface area contributed by atoms with Gasteiger partial charge in [-0.15, -0.1) is 0 Å². The molecule has 0 radical (unpaired) electrons. The normalized spacial score (nSPS) is 18.3. The topological polar surface area (TPSA) is 86.7 Å². The molecule has 1 heterocycles. The van der Waals surface area contributed by atoms with Crippen LogP contribution in [0.1, 0.15) is 23.2 Å². The van der Waals surface area contributed by atoms with Gasteiger partial charge in [-0.25, -0.2) is 9.18 Å². The van der Waals surface area contributed by atoms with Gasteiger partial charge in [-0.05, 0) is 31.0 Å². The molecule has 24 heavy (non-hydrogen) atoms. The SMILES string of the molecule is O=C(O)C(CF)NC(=O)C1CCCN1C(=O)c1cc(Cl)ccc1Cl. The number of halogens is 3. The maximum atomic E-state index is 12.7. The number of alkyl halides is 1. The first kappa shape index (κ1) is 18.5. The number of rotatable bonds is 5. The summed E-state index contributed by atoms with van der Waals surface area (Å²) in [7, 11) is 0. The number of carboxylic acids is 1. The lowest BCUT2D eigenvalue weighted by molar-refractivity contribution is -0.142. The summed E-state index contributed by atoms with van der Waals surface area (Å²) in [6.45, 7) is -0.922. The van der Waals surface area contributed by atoms with Crippen molar-refractivity contribution in [3.05, 3.63) is 33.8 Å². The minimum Gasteiger partial charge on any atom is -0.480 e. The predicted molar refractivity (Wildman–Crippen MR) is 86.1 cm³/mol. The van der Waals surface area contributed by atoms with E-state index in [2.05, 4.69) is 5.32 Å². The molecule has 2 rings (SSSR count). The fourth-order valence-corrected chi connectivity index (χ4v) is 2.90. The number of hydrogen-bond acceptors (Lipinski definition) is 3. The van der Waals surface area contributed by atoms with Crippen LogP contribution in [0.25, 0.3) is 0 Å². The van der Waals surface area contributed by atoms with Crippen molar-refractivity contribution < 1.29 is 23.9 Å². The molecule has 0 aliphatic carbocycles. The third kappa shape index (κ3) is 3.96. The van der Waals surface area contributed by atoms with Crippen molar-refractivity contribution >= 4 is 41.0 Å². The van der Waals surface area contributed by atoms with Gasteiger partial charge in [0.25, 0.3) is 5.91 Å². The summed E-state index contributed by atoms with van der Waals surface area (Å²) in [6.07, 6.45) is 0.920. The molecule has 0 saturated carbocycles. The number of hydrogen-bond donors (Lipinski definition) is 2. The molecule has 6 nitrogen and oxygen atoms in total. The number of carbonyl (C=O) groups is 3. The van der Waals surface area contributed by atoms with Gasteiger partial charge in [0, 0.05) is 11.6 Å². The highest BCUT2D eigenvalue weighted by atomic mass is 35.5. The van der Waals surface area contributed by atoms with Crippen LogP contribution >= 0.6 is 23.2 Å². The number of likely N-dealkylation sites (tertiary alicyclic amines) is 1. The average Bonchev–Trinajstić information content (AvgIpc) is 3.03. The van der Waals surface area contributed by atoms with Gasteiger partial charge < -0.3 is 15.3 Å². The first-order chi connectivity index (χ1) is 11.3. The Morgan fingerprint density at radius 1 is 1.38 bits per heavy atom. The highest BCUT2D eigenvalue weighted by Crippen LogP contribution is 2.26. The van der Waals surface area contributed by atoms with Crippen molar-refractivity contribution in [1.29, 1.82) is 0 Å². The molecule has 2 N–H and O–H groups in total. The quantitative estimate of drug-likeness (QED) is 0.823. The second kappa shape index (κ2) is 7.81. The molecule has 9 heteroatoms. The van der Waals surface area contributed by atoms with E-state index in [4.69, 9.17) is 28.3 Å². The van der Waals surface area contributed by atoms with Gasteiger partial charge >= 0.3 is 5.97 Å². The molecule has 1 aromatic carbocycles. The Labute approximate surface area is 147 Å². The molecular weight excluding hydrogens is 362 g/mol. The number of carbonyl (C=O) groups excluding carboxylic acids is 2. The van der Waals surface area contributed by atoms with Crippen LogP contribution in [0.3, 0.4) is 0 Å². The molecule has 1 saturated heterocycles. The van der Waals surface area contributed by atoms with Gasteiger partial charge in [0.05, 0.1) is 10.6 Å². The van der Waals surface area contributed by atoms with Gasteiger partial charge in [0.15, 0.2) is 6.04 Å². The van der Waals surface area contributed by atoms with E-state index in [0.29, 0.717) is 24.4 Å². The van der Waals surface area contributed by atoms with Crippen LogP contribution in [-0.2, 0) is 9.59 Å². The molecule has 0 bridgehead atoms. The minimum atomic E-state index is -1.63. The van der Waals surface area contributed by atoms with Crippen molar-refractivity contribution in [1.82, 2.24) is 10.2 Å². The lowest BCUT2D eigenvalue weighted by atomic mass is 10.1. The Bertz CT molecular complexity index is 671. The Balaban J connectivity index is 2.17. The fraction of sp³-hybridized carbons (Fsp3) is 0.400. The van der Waals surface area contributed by atoms with E-state index in [9.17, 15) is 18.8 Å². The van der Waals surface area contributed by atoms with Crippen LogP contribution in [0.4, 0.5) is 4.39 Å². The molecule has 0 spiro atoms. The zero-order valence-electron chi connectivity index (χ0n) is 12.5. The maximum absolute atomic E-state index is 12.7. The molecule has 1 fully saturated rings. The smallest absolute Gasteiger partial charge is 0.328 e. The fourth-order valence-electron chi connectivity index (χ4n) is 2.53. The lowest BCUT2D eigenvalue weighted by Crippen LogP contribution is -2.51. The van der Waals surface area contributed by atoms with Crippen molar-refractivity contribution in [3.8, 4) is 0 Å². The summed E-state index contributed by atoms with van der Waals surface area (Å²) in [6, 6.07) is 1.91. The molecule has 0 aromatic heterocycles. The molecule has 130 valence electrons. The first-order valence-electron chi connectivity index (χ1n) is 7.20. The van der Waals surface area contributed by atoms with Gasteiger partial charge in [0.1, 0.15) is 12.7 Å². The van der Waals surface area contributed by atoms with E-state index in [0.717, 1.165) is 0 Å². The maximum Gasteiger partial charge on any atom is 0.328 e. The molecule has 2 unspecified atom stereocenters. The third-order valence-electron chi connectivity index (χ3n) is 3.74. The molecule has 1 aliphatic heterocycles. The monoisotopic (exact) mass is 376 g/mol. The van der Waals surface area contributed by atoms with E-state index >= 15 is 0 Å². The summed E-state index contributed by atoms with van der Waals surface area (Å²) in [5, 5.41) is 11.4. The summed E-state index contributed by atoms with van der Waals surface area (Å²) < 4.78 is 12.7. The van der Waals surface area contributed by atoms with E-state index < -0.39 is 36.5 Å². The number of benzene rings is 1. The minimum absolute atomic E-state index is 0.157. The molecule has 2 amide bonds. The van der Waals surface area contributed by atoms with Crippen molar-refractivity contribution in [2.75, 3.05) is 13.2 Å². The second-order valence-corrected chi connectivity index (χ2v) is 6.18. The van der Waals surface area contributed by atoms with Crippen molar-refractivity contribution in [3.63, 3.8) is 0 Å². The first-order valence-corrected chi connectivity index (χ1v) is 7.96. The lowest BCUT2D eigenvalue weighted by Gasteiger charge is -2.25. The van der Waals surface area contributed by atoms with Gasteiger partial charge in [0.2, 0.25) is 5.91 Å². The molecular formula is C15H15Cl2FN2O4. The van der Waals surface area contributed by atoms with E-state index in [1.165, 1.54) is 23.1 Å².